The summed E-state index contributed by atoms with van der Waals surface area (Å²) in [7, 11) is 0. The largest absolute Gasteiger partial charge is 0.481 e. The molecule has 1 amide bonds. The van der Waals surface area contributed by atoms with Crippen LogP contribution in [0.15, 0.2) is 41.1 Å². The average molecular weight is 344 g/mol. The fourth-order valence-corrected chi connectivity index (χ4v) is 3.58. The van der Waals surface area contributed by atoms with Crippen LogP contribution in [0.2, 0.25) is 0 Å². The summed E-state index contributed by atoms with van der Waals surface area (Å²) in [6, 6.07) is 9.63. The van der Waals surface area contributed by atoms with Gasteiger partial charge in [0.1, 0.15) is 0 Å². The van der Waals surface area contributed by atoms with Gasteiger partial charge in [-0.2, -0.15) is 11.3 Å². The zero-order chi connectivity index (χ0) is 16.9. The summed E-state index contributed by atoms with van der Waals surface area (Å²) in [6.07, 6.45) is 1.40. The molecule has 2 aromatic rings. The number of aliphatic carboxylic acids is 1. The molecule has 1 saturated heterocycles. The standard InChI is InChI=1S/C18H20N2O3S/c21-17(15-6-9-24-12-15)19-16-3-1-2-13(10-16)11-20-7-4-14(5-8-20)18(22)23/h1-3,6,9-10,12,14H,4-5,7-8,11H2,(H,19,21)(H,22,23). The third-order valence-electron chi connectivity index (χ3n) is 4.31. The van der Waals surface area contributed by atoms with Gasteiger partial charge in [-0.25, -0.2) is 0 Å². The maximum absolute atomic E-state index is 12.1. The van der Waals surface area contributed by atoms with Gasteiger partial charge in [0.25, 0.3) is 5.91 Å². The molecule has 1 aliphatic rings. The number of nitrogens with one attached hydrogen (secondary N) is 1. The first-order valence-electron chi connectivity index (χ1n) is 7.99. The molecule has 1 aromatic heterocycles. The van der Waals surface area contributed by atoms with Crippen LogP contribution in [0, 0.1) is 5.92 Å². The van der Waals surface area contributed by atoms with Crippen molar-refractivity contribution in [3.05, 3.63) is 52.2 Å². The predicted octanol–water partition coefficient (Wildman–Crippen LogP) is 3.30. The summed E-state index contributed by atoms with van der Waals surface area (Å²) in [5.41, 5.74) is 2.57. The number of hydrogen-bond donors (Lipinski definition) is 2. The molecule has 0 bridgehead atoms. The van der Waals surface area contributed by atoms with Crippen LogP contribution in [0.25, 0.3) is 0 Å². The highest BCUT2D eigenvalue weighted by atomic mass is 32.1. The minimum Gasteiger partial charge on any atom is -0.481 e. The van der Waals surface area contributed by atoms with Crippen molar-refractivity contribution in [1.82, 2.24) is 4.90 Å². The highest BCUT2D eigenvalue weighted by molar-refractivity contribution is 7.08. The van der Waals surface area contributed by atoms with E-state index in [1.807, 2.05) is 35.0 Å². The van der Waals surface area contributed by atoms with Gasteiger partial charge in [0, 0.05) is 17.6 Å². The molecule has 0 atom stereocenters. The van der Waals surface area contributed by atoms with Gasteiger partial charge in [-0.15, -0.1) is 0 Å². The first-order chi connectivity index (χ1) is 11.6. The van der Waals surface area contributed by atoms with E-state index >= 15 is 0 Å². The van der Waals surface area contributed by atoms with Crippen molar-refractivity contribution in [3.8, 4) is 0 Å². The SMILES string of the molecule is O=C(Nc1cccc(CN2CCC(C(=O)O)CC2)c1)c1ccsc1. The van der Waals surface area contributed by atoms with E-state index in [9.17, 15) is 9.59 Å². The summed E-state index contributed by atoms with van der Waals surface area (Å²) in [5.74, 6) is -0.999. The number of carbonyl (C=O) groups excluding carboxylic acids is 1. The Kier molecular flexibility index (Phi) is 5.27. The summed E-state index contributed by atoms with van der Waals surface area (Å²) in [6.45, 7) is 2.36. The third kappa shape index (κ3) is 4.21. The van der Waals surface area contributed by atoms with Crippen LogP contribution in [0.1, 0.15) is 28.8 Å². The van der Waals surface area contributed by atoms with Crippen molar-refractivity contribution in [1.29, 1.82) is 0 Å². The third-order valence-corrected chi connectivity index (χ3v) is 4.99. The van der Waals surface area contributed by atoms with Gasteiger partial charge >= 0.3 is 5.97 Å². The molecule has 1 aliphatic heterocycles. The van der Waals surface area contributed by atoms with Crippen molar-refractivity contribution >= 4 is 28.9 Å². The monoisotopic (exact) mass is 344 g/mol. The summed E-state index contributed by atoms with van der Waals surface area (Å²) < 4.78 is 0. The highest BCUT2D eigenvalue weighted by Crippen LogP contribution is 2.20. The van der Waals surface area contributed by atoms with Crippen molar-refractivity contribution in [2.45, 2.75) is 19.4 Å². The van der Waals surface area contributed by atoms with E-state index in [-0.39, 0.29) is 11.8 Å². The zero-order valence-electron chi connectivity index (χ0n) is 13.3. The Bertz CT molecular complexity index is 707. The molecule has 24 heavy (non-hydrogen) atoms. The Hall–Kier alpha value is -2.18. The first-order valence-corrected chi connectivity index (χ1v) is 8.94. The van der Waals surface area contributed by atoms with E-state index in [2.05, 4.69) is 10.2 Å². The molecule has 0 unspecified atom stereocenters. The van der Waals surface area contributed by atoms with Crippen LogP contribution in [-0.2, 0) is 11.3 Å². The van der Waals surface area contributed by atoms with Gasteiger partial charge < -0.3 is 10.4 Å². The van der Waals surface area contributed by atoms with Gasteiger partial charge in [-0.3, -0.25) is 14.5 Å². The molecular weight excluding hydrogens is 324 g/mol. The number of piperidine rings is 1. The number of carboxylic acid groups (broad SMARTS) is 1. The van der Waals surface area contributed by atoms with Crippen molar-refractivity contribution in [3.63, 3.8) is 0 Å². The molecule has 1 fully saturated rings. The average Bonchev–Trinajstić information content (AvgIpc) is 3.10. The number of nitrogens with zero attached hydrogens (tertiary/aromatic N) is 1. The minimum absolute atomic E-state index is 0.101. The number of amides is 1. The number of carboxylic acids is 1. The fraction of sp³-hybridized carbons (Fsp3) is 0.333. The molecule has 0 radical (unpaired) electrons. The Labute approximate surface area is 144 Å². The number of rotatable bonds is 5. The lowest BCUT2D eigenvalue weighted by Crippen LogP contribution is -2.35. The molecule has 6 heteroatoms. The van der Waals surface area contributed by atoms with E-state index < -0.39 is 5.97 Å². The Balaban J connectivity index is 1.58. The van der Waals surface area contributed by atoms with E-state index in [0.29, 0.717) is 18.4 Å². The van der Waals surface area contributed by atoms with E-state index in [4.69, 9.17) is 5.11 Å². The van der Waals surface area contributed by atoms with Crippen LogP contribution in [0.5, 0.6) is 0 Å². The van der Waals surface area contributed by atoms with Crippen LogP contribution >= 0.6 is 11.3 Å². The summed E-state index contributed by atoms with van der Waals surface area (Å²) in [4.78, 5) is 25.4. The van der Waals surface area contributed by atoms with E-state index in [1.54, 1.807) is 6.07 Å². The van der Waals surface area contributed by atoms with Crippen molar-refractivity contribution in [2.75, 3.05) is 18.4 Å². The second-order valence-corrected chi connectivity index (χ2v) is 6.84. The van der Waals surface area contributed by atoms with Gasteiger partial charge in [0.2, 0.25) is 0 Å². The van der Waals surface area contributed by atoms with Crippen LogP contribution in [-0.4, -0.2) is 35.0 Å². The summed E-state index contributed by atoms with van der Waals surface area (Å²) in [5, 5.41) is 15.7. The number of hydrogen-bond acceptors (Lipinski definition) is 4. The topological polar surface area (TPSA) is 69.6 Å². The lowest BCUT2D eigenvalue weighted by molar-refractivity contribution is -0.143. The second kappa shape index (κ2) is 7.59. The zero-order valence-corrected chi connectivity index (χ0v) is 14.1. The Morgan fingerprint density at radius 1 is 1.25 bits per heavy atom. The van der Waals surface area contributed by atoms with Crippen LogP contribution in [0.4, 0.5) is 5.69 Å². The molecule has 0 aliphatic carbocycles. The highest BCUT2D eigenvalue weighted by Gasteiger charge is 2.24. The Morgan fingerprint density at radius 3 is 2.71 bits per heavy atom. The van der Waals surface area contributed by atoms with Crippen LogP contribution < -0.4 is 5.32 Å². The number of anilines is 1. The van der Waals surface area contributed by atoms with Gasteiger partial charge in [-0.1, -0.05) is 12.1 Å². The lowest BCUT2D eigenvalue weighted by atomic mass is 9.97. The molecule has 3 rings (SSSR count). The number of carbonyl (C=O) groups is 2. The quantitative estimate of drug-likeness (QED) is 0.873. The molecule has 2 N–H and O–H groups in total. The molecule has 1 aromatic carbocycles. The van der Waals surface area contributed by atoms with Crippen molar-refractivity contribution < 1.29 is 14.7 Å². The van der Waals surface area contributed by atoms with Gasteiger partial charge in [-0.05, 0) is 55.1 Å². The molecule has 5 nitrogen and oxygen atoms in total. The number of benzene rings is 1. The fourth-order valence-electron chi connectivity index (χ4n) is 2.94. The van der Waals surface area contributed by atoms with E-state index in [1.165, 1.54) is 11.3 Å². The van der Waals surface area contributed by atoms with E-state index in [0.717, 1.165) is 30.9 Å². The van der Waals surface area contributed by atoms with Gasteiger partial charge in [0.05, 0.1) is 11.5 Å². The predicted molar refractivity (Wildman–Crippen MR) is 94.4 cm³/mol. The molecule has 2 heterocycles. The summed E-state index contributed by atoms with van der Waals surface area (Å²) >= 11 is 1.50. The normalized spacial score (nSPS) is 16.0. The van der Waals surface area contributed by atoms with Crippen molar-refractivity contribution in [2.24, 2.45) is 5.92 Å². The smallest absolute Gasteiger partial charge is 0.306 e. The molecule has 126 valence electrons. The maximum Gasteiger partial charge on any atom is 0.306 e. The number of thiophene rings is 1. The second-order valence-electron chi connectivity index (χ2n) is 6.06. The maximum atomic E-state index is 12.1. The minimum atomic E-state index is -0.687. The first kappa shape index (κ1) is 16.7. The molecular formula is C18H20N2O3S. The van der Waals surface area contributed by atoms with Crippen LogP contribution in [0.3, 0.4) is 0 Å². The molecule has 0 spiro atoms. The van der Waals surface area contributed by atoms with Gasteiger partial charge in [0.15, 0.2) is 0 Å². The number of likely N-dealkylation sites (tertiary alicyclic amines) is 1. The lowest BCUT2D eigenvalue weighted by Gasteiger charge is -2.30. The molecule has 0 saturated carbocycles. The Morgan fingerprint density at radius 2 is 2.04 bits per heavy atom.